The number of aromatic amines is 1. The minimum Gasteiger partial charge on any atom is -0.368 e. The van der Waals surface area contributed by atoms with E-state index in [1.165, 1.54) is 28.2 Å². The summed E-state index contributed by atoms with van der Waals surface area (Å²) < 4.78 is 1.50. The first-order valence-electron chi connectivity index (χ1n) is 10.5. The largest absolute Gasteiger partial charge is 0.368 e. The van der Waals surface area contributed by atoms with Gasteiger partial charge in [0.2, 0.25) is 5.91 Å². The van der Waals surface area contributed by atoms with Gasteiger partial charge in [0.1, 0.15) is 5.39 Å². The van der Waals surface area contributed by atoms with Crippen LogP contribution in [0.4, 0.5) is 5.69 Å². The van der Waals surface area contributed by atoms with Gasteiger partial charge in [0.15, 0.2) is 10.8 Å². The number of thioether (sulfide) groups is 1. The van der Waals surface area contributed by atoms with Crippen LogP contribution in [0.2, 0.25) is 5.02 Å². The summed E-state index contributed by atoms with van der Waals surface area (Å²) in [5.41, 5.74) is 1.95. The van der Waals surface area contributed by atoms with Gasteiger partial charge in [0, 0.05) is 36.9 Å². The molecule has 0 radical (unpaired) electrons. The standard InChI is InChI=1S/C23H21ClN6O2S/c24-16-6-8-18(9-7-16)30-22(32)19-14-25-27-21(19)26-23(30)33-15-20(31)29-12-10-28(11-13-29)17-4-2-1-3-5-17/h1-9,14H,10-13,15H2,(H,25,27). The molecule has 3 heterocycles. The van der Waals surface area contributed by atoms with Gasteiger partial charge in [-0.2, -0.15) is 5.10 Å². The van der Waals surface area contributed by atoms with Crippen LogP contribution < -0.4 is 10.5 Å². The molecule has 0 bridgehead atoms. The van der Waals surface area contributed by atoms with Crippen LogP contribution in [0.25, 0.3) is 16.7 Å². The molecule has 1 aliphatic heterocycles. The summed E-state index contributed by atoms with van der Waals surface area (Å²) in [7, 11) is 0. The highest BCUT2D eigenvalue weighted by Crippen LogP contribution is 2.23. The van der Waals surface area contributed by atoms with Gasteiger partial charge in [-0.25, -0.2) is 4.98 Å². The van der Waals surface area contributed by atoms with Crippen LogP contribution in [0.1, 0.15) is 0 Å². The average Bonchev–Trinajstić information content (AvgIpc) is 3.33. The normalized spacial score (nSPS) is 14.1. The van der Waals surface area contributed by atoms with E-state index in [0.717, 1.165) is 13.1 Å². The topological polar surface area (TPSA) is 87.1 Å². The maximum absolute atomic E-state index is 13.1. The number of halogens is 1. The Labute approximate surface area is 199 Å². The smallest absolute Gasteiger partial charge is 0.269 e. The number of carbonyl (C=O) groups is 1. The Morgan fingerprint density at radius 3 is 2.45 bits per heavy atom. The van der Waals surface area contributed by atoms with Crippen LogP contribution in [-0.2, 0) is 4.79 Å². The second kappa shape index (κ2) is 9.29. The van der Waals surface area contributed by atoms with Crippen LogP contribution in [0.5, 0.6) is 0 Å². The molecule has 2 aromatic carbocycles. The highest BCUT2D eigenvalue weighted by molar-refractivity contribution is 7.99. The zero-order chi connectivity index (χ0) is 22.8. The van der Waals surface area contributed by atoms with Gasteiger partial charge in [-0.3, -0.25) is 19.3 Å². The van der Waals surface area contributed by atoms with Crippen LogP contribution in [0.15, 0.2) is 70.7 Å². The van der Waals surface area contributed by atoms with E-state index in [4.69, 9.17) is 11.6 Å². The number of nitrogens with one attached hydrogen (secondary N) is 1. The molecular weight excluding hydrogens is 460 g/mol. The van der Waals surface area contributed by atoms with Crippen LogP contribution in [0.3, 0.4) is 0 Å². The van der Waals surface area contributed by atoms with Crippen LogP contribution >= 0.6 is 23.4 Å². The number of hydrogen-bond acceptors (Lipinski definition) is 6. The van der Waals surface area contributed by atoms with Crippen molar-refractivity contribution in [3.63, 3.8) is 0 Å². The lowest BCUT2D eigenvalue weighted by molar-refractivity contribution is -0.128. The molecule has 0 unspecified atom stereocenters. The van der Waals surface area contributed by atoms with E-state index in [1.54, 1.807) is 24.3 Å². The minimum absolute atomic E-state index is 0.0225. The van der Waals surface area contributed by atoms with E-state index in [9.17, 15) is 9.59 Å². The molecule has 0 aliphatic carbocycles. The molecule has 8 nitrogen and oxygen atoms in total. The van der Waals surface area contributed by atoms with Crippen molar-refractivity contribution < 1.29 is 4.79 Å². The molecule has 0 spiro atoms. The molecule has 1 saturated heterocycles. The lowest BCUT2D eigenvalue weighted by Gasteiger charge is -2.36. The Kier molecular flexibility index (Phi) is 6.06. The molecule has 1 N–H and O–H groups in total. The van der Waals surface area contributed by atoms with Gasteiger partial charge in [-0.15, -0.1) is 0 Å². The Morgan fingerprint density at radius 1 is 1.00 bits per heavy atom. The number of para-hydroxylation sites is 1. The lowest BCUT2D eigenvalue weighted by atomic mass is 10.2. The maximum Gasteiger partial charge on any atom is 0.269 e. The van der Waals surface area contributed by atoms with Crippen molar-refractivity contribution in [1.29, 1.82) is 0 Å². The third kappa shape index (κ3) is 4.46. The molecule has 168 valence electrons. The first kappa shape index (κ1) is 21.5. The van der Waals surface area contributed by atoms with E-state index in [2.05, 4.69) is 32.2 Å². The Morgan fingerprint density at radius 2 is 1.73 bits per heavy atom. The number of amides is 1. The predicted molar refractivity (Wildman–Crippen MR) is 130 cm³/mol. The van der Waals surface area contributed by atoms with Gasteiger partial charge < -0.3 is 9.80 Å². The summed E-state index contributed by atoms with van der Waals surface area (Å²) in [4.78, 5) is 34.8. The van der Waals surface area contributed by atoms with Gasteiger partial charge in [-0.1, -0.05) is 41.6 Å². The number of benzene rings is 2. The van der Waals surface area contributed by atoms with Gasteiger partial charge in [0.05, 0.1) is 17.6 Å². The molecule has 1 amide bonds. The molecule has 0 atom stereocenters. The molecule has 1 fully saturated rings. The van der Waals surface area contributed by atoms with Crippen LogP contribution in [-0.4, -0.2) is 62.5 Å². The molecule has 1 aliphatic rings. The fourth-order valence-electron chi connectivity index (χ4n) is 3.86. The van der Waals surface area contributed by atoms with Gasteiger partial charge in [-0.05, 0) is 36.4 Å². The van der Waals surface area contributed by atoms with Crippen molar-refractivity contribution in [3.05, 3.63) is 76.2 Å². The van der Waals surface area contributed by atoms with Crippen molar-refractivity contribution in [2.24, 2.45) is 0 Å². The number of piperazine rings is 1. The maximum atomic E-state index is 13.1. The third-order valence-corrected chi connectivity index (χ3v) is 6.79. The molecule has 4 aromatic rings. The van der Waals surface area contributed by atoms with Crippen molar-refractivity contribution in [2.75, 3.05) is 36.8 Å². The van der Waals surface area contributed by atoms with E-state index >= 15 is 0 Å². The highest BCUT2D eigenvalue weighted by atomic mass is 35.5. The number of carbonyl (C=O) groups excluding carboxylic acids is 1. The Hall–Kier alpha value is -3.30. The average molecular weight is 481 g/mol. The second-order valence-corrected chi connectivity index (χ2v) is 9.01. The van der Waals surface area contributed by atoms with Crippen molar-refractivity contribution in [3.8, 4) is 5.69 Å². The zero-order valence-electron chi connectivity index (χ0n) is 17.6. The Balaban J connectivity index is 1.32. The molecular formula is C23H21ClN6O2S. The number of H-pyrrole nitrogens is 1. The van der Waals surface area contributed by atoms with E-state index in [1.807, 2.05) is 23.1 Å². The fraction of sp³-hybridized carbons (Fsp3) is 0.217. The monoisotopic (exact) mass is 480 g/mol. The first-order valence-corrected chi connectivity index (χ1v) is 11.9. The van der Waals surface area contributed by atoms with E-state index < -0.39 is 0 Å². The van der Waals surface area contributed by atoms with E-state index in [0.29, 0.717) is 40.0 Å². The number of rotatable bonds is 5. The number of aromatic nitrogens is 4. The zero-order valence-corrected chi connectivity index (χ0v) is 19.2. The SMILES string of the molecule is O=C(CSc1nc2[nH]ncc2c(=O)n1-c1ccc(Cl)cc1)N1CCN(c2ccccc2)CC1. The summed E-state index contributed by atoms with van der Waals surface area (Å²) in [6, 6.07) is 17.2. The molecule has 5 rings (SSSR count). The highest BCUT2D eigenvalue weighted by Gasteiger charge is 2.22. The molecule has 0 saturated carbocycles. The summed E-state index contributed by atoms with van der Waals surface area (Å²) in [6.45, 7) is 2.89. The van der Waals surface area contributed by atoms with Crippen molar-refractivity contribution >= 4 is 46.0 Å². The summed E-state index contributed by atoms with van der Waals surface area (Å²) in [5, 5.41) is 8.08. The summed E-state index contributed by atoms with van der Waals surface area (Å²) in [5.74, 6) is 0.208. The number of fused-ring (bicyclic) bond motifs is 1. The quantitative estimate of drug-likeness (QED) is 0.348. The minimum atomic E-state index is -0.248. The van der Waals surface area contributed by atoms with Gasteiger partial charge >= 0.3 is 0 Å². The number of hydrogen-bond donors (Lipinski definition) is 1. The second-order valence-electron chi connectivity index (χ2n) is 7.64. The van der Waals surface area contributed by atoms with E-state index in [-0.39, 0.29) is 17.2 Å². The molecule has 33 heavy (non-hydrogen) atoms. The fourth-order valence-corrected chi connectivity index (χ4v) is 4.89. The predicted octanol–water partition coefficient (Wildman–Crippen LogP) is 3.20. The molecule has 10 heteroatoms. The van der Waals surface area contributed by atoms with Crippen molar-refractivity contribution in [2.45, 2.75) is 5.16 Å². The molecule has 2 aromatic heterocycles. The number of nitrogens with zero attached hydrogens (tertiary/aromatic N) is 5. The van der Waals surface area contributed by atoms with Crippen molar-refractivity contribution in [1.82, 2.24) is 24.6 Å². The lowest BCUT2D eigenvalue weighted by Crippen LogP contribution is -2.49. The number of anilines is 1. The van der Waals surface area contributed by atoms with Gasteiger partial charge in [0.25, 0.3) is 5.56 Å². The Bertz CT molecular complexity index is 1330. The summed E-state index contributed by atoms with van der Waals surface area (Å²) >= 11 is 7.26. The van der Waals surface area contributed by atoms with Crippen LogP contribution in [0, 0.1) is 0 Å². The third-order valence-electron chi connectivity index (χ3n) is 5.61. The first-order chi connectivity index (χ1) is 16.1. The summed E-state index contributed by atoms with van der Waals surface area (Å²) in [6.07, 6.45) is 1.46.